The lowest BCUT2D eigenvalue weighted by Crippen LogP contribution is -2.50. The Hall–Kier alpha value is -3.12. The van der Waals surface area contributed by atoms with Crippen LogP contribution in [-0.2, 0) is 10.0 Å². The van der Waals surface area contributed by atoms with E-state index in [-0.39, 0.29) is 22.6 Å². The summed E-state index contributed by atoms with van der Waals surface area (Å²) in [5.41, 5.74) is 8.85. The number of nitrogens with one attached hydrogen (secondary N) is 2. The van der Waals surface area contributed by atoms with E-state index in [1.807, 2.05) is 0 Å². The van der Waals surface area contributed by atoms with Gasteiger partial charge in [-0.2, -0.15) is 4.98 Å². The van der Waals surface area contributed by atoms with Crippen LogP contribution in [0.25, 0.3) is 0 Å². The summed E-state index contributed by atoms with van der Waals surface area (Å²) in [5.74, 6) is -0.00389. The van der Waals surface area contributed by atoms with E-state index in [1.165, 1.54) is 16.7 Å². The lowest BCUT2D eigenvalue weighted by atomic mass is 10.1. The van der Waals surface area contributed by atoms with Crippen LogP contribution in [0.3, 0.4) is 0 Å². The third-order valence-electron chi connectivity index (χ3n) is 5.64. The highest BCUT2D eigenvalue weighted by Crippen LogP contribution is 2.25. The molecule has 0 unspecified atom stereocenters. The number of benzene rings is 2. The molecule has 0 radical (unpaired) electrons. The molecule has 2 heterocycles. The summed E-state index contributed by atoms with van der Waals surface area (Å²) in [5, 5.41) is 2.90. The Balaban J connectivity index is 1.59. The summed E-state index contributed by atoms with van der Waals surface area (Å²) < 4.78 is 42.4. The normalized spacial score (nSPS) is 15.4. The van der Waals surface area contributed by atoms with Gasteiger partial charge < -0.3 is 16.0 Å². The summed E-state index contributed by atoms with van der Waals surface area (Å²) in [4.78, 5) is 11.0. The van der Waals surface area contributed by atoms with Crippen LogP contribution in [0.15, 0.2) is 71.8 Å². The highest BCUT2D eigenvalue weighted by Gasteiger charge is 2.34. The van der Waals surface area contributed by atoms with Crippen LogP contribution >= 0.6 is 0 Å². The second-order valence-electron chi connectivity index (χ2n) is 7.96. The Labute approximate surface area is 198 Å². The first-order valence-electron chi connectivity index (χ1n) is 11.1. The van der Waals surface area contributed by atoms with Crippen LogP contribution in [0.4, 0.5) is 21.8 Å². The van der Waals surface area contributed by atoms with Gasteiger partial charge in [0, 0.05) is 25.3 Å². The van der Waals surface area contributed by atoms with Crippen LogP contribution in [-0.4, -0.2) is 59.9 Å². The van der Waals surface area contributed by atoms with E-state index in [1.54, 1.807) is 54.6 Å². The third kappa shape index (κ3) is 5.68. The van der Waals surface area contributed by atoms with Crippen molar-refractivity contribution in [1.29, 1.82) is 0 Å². The number of nitrogens with two attached hydrogens (primary N) is 1. The minimum atomic E-state index is -3.89. The molecule has 0 saturated carbocycles. The monoisotopic (exact) mass is 485 g/mol. The molecule has 4 N–H and O–H groups in total. The van der Waals surface area contributed by atoms with Gasteiger partial charge >= 0.3 is 0 Å². The van der Waals surface area contributed by atoms with E-state index in [9.17, 15) is 12.8 Å². The van der Waals surface area contributed by atoms with Gasteiger partial charge in [-0.3, -0.25) is 5.43 Å². The SMILES string of the molecule is NCCN1CCC(N(Nc2nccc(Nc3ccccc3F)n2)S(=O)(=O)c2ccccc2)CC1. The number of piperidine rings is 1. The number of sulfonamides is 1. The Morgan fingerprint density at radius 2 is 1.76 bits per heavy atom. The van der Waals surface area contributed by atoms with Crippen molar-refractivity contribution in [1.82, 2.24) is 19.3 Å². The van der Waals surface area contributed by atoms with Gasteiger partial charge in [0.2, 0.25) is 5.95 Å². The number of halogens is 1. The first kappa shape index (κ1) is 24.0. The molecular weight excluding hydrogens is 457 g/mol. The molecule has 1 fully saturated rings. The van der Waals surface area contributed by atoms with Crippen molar-refractivity contribution < 1.29 is 12.8 Å². The second-order valence-corrected chi connectivity index (χ2v) is 9.77. The molecule has 1 saturated heterocycles. The van der Waals surface area contributed by atoms with Gasteiger partial charge in [0.15, 0.2) is 0 Å². The summed E-state index contributed by atoms with van der Waals surface area (Å²) in [6, 6.07) is 15.8. The van der Waals surface area contributed by atoms with Crippen LogP contribution in [0, 0.1) is 5.82 Å². The predicted octanol–water partition coefficient (Wildman–Crippen LogP) is 2.80. The molecule has 3 aromatic rings. The largest absolute Gasteiger partial charge is 0.338 e. The molecule has 0 bridgehead atoms. The van der Waals surface area contributed by atoms with Crippen molar-refractivity contribution in [2.45, 2.75) is 23.8 Å². The maximum absolute atomic E-state index is 14.0. The molecule has 4 rings (SSSR count). The Morgan fingerprint density at radius 1 is 1.06 bits per heavy atom. The van der Waals surface area contributed by atoms with Gasteiger partial charge in [-0.05, 0) is 56.3 Å². The standard InChI is InChI=1S/C23H28FN7O2S/c24-20-8-4-5-9-21(20)27-22-10-14-26-23(28-22)29-31(18-11-15-30(16-12-18)17-13-25)34(32,33)19-6-2-1-3-7-19/h1-10,14,18H,11-13,15-17,25H2,(H2,26,27,28,29). The fourth-order valence-corrected chi connectivity index (χ4v) is 5.43. The summed E-state index contributed by atoms with van der Waals surface area (Å²) in [7, 11) is -3.89. The number of hydrogen-bond acceptors (Lipinski definition) is 8. The van der Waals surface area contributed by atoms with Crippen LogP contribution < -0.4 is 16.5 Å². The molecule has 180 valence electrons. The van der Waals surface area contributed by atoms with Crippen LogP contribution in [0.2, 0.25) is 0 Å². The van der Waals surface area contributed by atoms with E-state index in [2.05, 4.69) is 25.6 Å². The highest BCUT2D eigenvalue weighted by molar-refractivity contribution is 7.89. The topological polar surface area (TPSA) is 116 Å². The highest BCUT2D eigenvalue weighted by atomic mass is 32.2. The third-order valence-corrected chi connectivity index (χ3v) is 7.41. The van der Waals surface area contributed by atoms with Crippen molar-refractivity contribution in [2.24, 2.45) is 5.73 Å². The zero-order chi connectivity index (χ0) is 24.0. The molecule has 1 aliphatic heterocycles. The number of likely N-dealkylation sites (tertiary alicyclic amines) is 1. The number of para-hydroxylation sites is 1. The fourth-order valence-electron chi connectivity index (χ4n) is 3.89. The fraction of sp³-hybridized carbons (Fsp3) is 0.304. The molecule has 1 aliphatic rings. The smallest absolute Gasteiger partial charge is 0.260 e. The van der Waals surface area contributed by atoms with Gasteiger partial charge in [0.25, 0.3) is 10.0 Å². The lowest BCUT2D eigenvalue weighted by Gasteiger charge is -2.37. The van der Waals surface area contributed by atoms with E-state index in [4.69, 9.17) is 5.73 Å². The van der Waals surface area contributed by atoms with Crippen molar-refractivity contribution >= 4 is 27.5 Å². The minimum absolute atomic E-state index is 0.0882. The molecule has 34 heavy (non-hydrogen) atoms. The summed E-state index contributed by atoms with van der Waals surface area (Å²) in [6.45, 7) is 2.81. The zero-order valence-corrected chi connectivity index (χ0v) is 19.5. The van der Waals surface area contributed by atoms with E-state index >= 15 is 0 Å². The van der Waals surface area contributed by atoms with Gasteiger partial charge in [-0.25, -0.2) is 17.8 Å². The molecule has 1 aromatic heterocycles. The molecular formula is C23H28FN7O2S. The molecule has 2 aromatic carbocycles. The first-order chi connectivity index (χ1) is 16.5. The molecule has 11 heteroatoms. The average molecular weight is 486 g/mol. The Bertz CT molecular complexity index is 1190. The molecule has 0 amide bonds. The molecule has 0 atom stereocenters. The number of hydrazine groups is 1. The summed E-state index contributed by atoms with van der Waals surface area (Å²) >= 11 is 0. The number of aromatic nitrogens is 2. The average Bonchev–Trinajstić information content (AvgIpc) is 2.86. The van der Waals surface area contributed by atoms with Crippen molar-refractivity contribution in [3.63, 3.8) is 0 Å². The van der Waals surface area contributed by atoms with Crippen molar-refractivity contribution in [2.75, 3.05) is 36.9 Å². The molecule has 0 aliphatic carbocycles. The first-order valence-corrected chi connectivity index (χ1v) is 12.5. The van der Waals surface area contributed by atoms with Gasteiger partial charge in [0.1, 0.15) is 11.6 Å². The molecule has 9 nitrogen and oxygen atoms in total. The van der Waals surface area contributed by atoms with Crippen LogP contribution in [0.1, 0.15) is 12.8 Å². The Kier molecular flexibility index (Phi) is 7.68. The quantitative estimate of drug-likeness (QED) is 0.396. The number of hydrogen-bond donors (Lipinski definition) is 3. The summed E-state index contributed by atoms with van der Waals surface area (Å²) in [6.07, 6.45) is 2.74. The minimum Gasteiger partial charge on any atom is -0.338 e. The number of rotatable bonds is 9. The van der Waals surface area contributed by atoms with Gasteiger partial charge in [-0.15, -0.1) is 4.41 Å². The van der Waals surface area contributed by atoms with E-state index < -0.39 is 15.8 Å². The maximum atomic E-state index is 14.0. The van der Waals surface area contributed by atoms with Crippen molar-refractivity contribution in [3.05, 3.63) is 72.7 Å². The lowest BCUT2D eigenvalue weighted by molar-refractivity contribution is 0.172. The van der Waals surface area contributed by atoms with Crippen LogP contribution in [0.5, 0.6) is 0 Å². The van der Waals surface area contributed by atoms with Gasteiger partial charge in [0.05, 0.1) is 10.6 Å². The maximum Gasteiger partial charge on any atom is 0.260 e. The molecule has 0 spiro atoms. The van der Waals surface area contributed by atoms with E-state index in [0.29, 0.717) is 25.2 Å². The van der Waals surface area contributed by atoms with Gasteiger partial charge in [-0.1, -0.05) is 30.3 Å². The number of anilines is 3. The van der Waals surface area contributed by atoms with Crippen molar-refractivity contribution in [3.8, 4) is 0 Å². The zero-order valence-electron chi connectivity index (χ0n) is 18.6. The second kappa shape index (κ2) is 10.9. The van der Waals surface area contributed by atoms with E-state index in [0.717, 1.165) is 19.6 Å². The predicted molar refractivity (Wildman–Crippen MR) is 129 cm³/mol. The number of nitrogens with zero attached hydrogens (tertiary/aromatic N) is 4. The Morgan fingerprint density at radius 3 is 2.47 bits per heavy atom.